The van der Waals surface area contributed by atoms with E-state index in [9.17, 15) is 4.79 Å². The van der Waals surface area contributed by atoms with E-state index in [2.05, 4.69) is 14.8 Å². The second-order valence-electron chi connectivity index (χ2n) is 7.87. The average Bonchev–Trinajstić information content (AvgIpc) is 3.48. The summed E-state index contributed by atoms with van der Waals surface area (Å²) in [6, 6.07) is 19.8. The molecule has 0 bridgehead atoms. The van der Waals surface area contributed by atoms with Gasteiger partial charge in [0.15, 0.2) is 5.82 Å². The molecule has 0 unspecified atom stereocenters. The van der Waals surface area contributed by atoms with E-state index in [1.165, 1.54) is 0 Å². The molecule has 0 spiro atoms. The average molecular weight is 446 g/mol. The summed E-state index contributed by atoms with van der Waals surface area (Å²) in [6.45, 7) is 3.09. The first kappa shape index (κ1) is 22.3. The first-order chi connectivity index (χ1) is 16.1. The Balaban J connectivity index is 1.46. The predicted molar refractivity (Wildman–Crippen MR) is 125 cm³/mol. The maximum atomic E-state index is 10.6. The van der Waals surface area contributed by atoms with Crippen molar-refractivity contribution in [3.63, 3.8) is 0 Å². The Bertz CT molecular complexity index is 1180. The highest BCUT2D eigenvalue weighted by molar-refractivity contribution is 5.66. The maximum absolute atomic E-state index is 10.6. The van der Waals surface area contributed by atoms with Crippen LogP contribution >= 0.6 is 0 Å². The normalized spacial score (nSPS) is 10.9. The summed E-state index contributed by atoms with van der Waals surface area (Å²) in [4.78, 5) is 10.6. The van der Waals surface area contributed by atoms with E-state index in [0.717, 1.165) is 52.7 Å². The van der Waals surface area contributed by atoms with Crippen molar-refractivity contribution in [3.8, 4) is 28.5 Å². The minimum atomic E-state index is -0.753. The lowest BCUT2D eigenvalue weighted by atomic mass is 10.1. The molecule has 0 atom stereocenters. The van der Waals surface area contributed by atoms with Gasteiger partial charge in [0.1, 0.15) is 17.3 Å². The molecule has 0 fully saturated rings. The Morgan fingerprint density at radius 3 is 2.52 bits per heavy atom. The molecule has 7 heteroatoms. The molecular formula is C26H27N3O4. The molecular weight excluding hydrogens is 418 g/mol. The molecule has 2 aromatic heterocycles. The van der Waals surface area contributed by atoms with Gasteiger partial charge in [0, 0.05) is 23.1 Å². The number of carboxylic acids is 1. The van der Waals surface area contributed by atoms with E-state index in [-0.39, 0.29) is 6.42 Å². The molecule has 0 amide bonds. The molecule has 4 rings (SSSR count). The molecule has 33 heavy (non-hydrogen) atoms. The number of aliphatic carboxylic acids is 1. The molecule has 0 saturated heterocycles. The number of aryl methyl sites for hydroxylation is 1. The van der Waals surface area contributed by atoms with Crippen molar-refractivity contribution in [1.29, 1.82) is 0 Å². The van der Waals surface area contributed by atoms with Crippen molar-refractivity contribution in [2.45, 2.75) is 39.2 Å². The van der Waals surface area contributed by atoms with Gasteiger partial charge < -0.3 is 18.8 Å². The van der Waals surface area contributed by atoms with Crippen LogP contribution in [0.2, 0.25) is 0 Å². The smallest absolute Gasteiger partial charge is 0.303 e. The van der Waals surface area contributed by atoms with Crippen LogP contribution in [0.15, 0.2) is 71.3 Å². The Morgan fingerprint density at radius 1 is 0.970 bits per heavy atom. The van der Waals surface area contributed by atoms with Gasteiger partial charge >= 0.3 is 5.97 Å². The van der Waals surface area contributed by atoms with E-state index in [0.29, 0.717) is 19.6 Å². The Labute approximate surface area is 192 Å². The number of nitrogens with zero attached hydrogens (tertiary/aromatic N) is 3. The first-order valence-electron chi connectivity index (χ1n) is 11.1. The molecule has 0 aliphatic carbocycles. The quantitative estimate of drug-likeness (QED) is 0.303. The minimum Gasteiger partial charge on any atom is -0.493 e. The standard InChI is InChI=1S/C26H27N3O4/c1-19-27-28-26(21-14-12-20(13-15-21)23-10-7-17-33-23)29(19)18-22-8-4-5-9-24(22)32-16-6-2-3-11-25(30)31/h4-5,7-10,12-15,17H,2-3,6,11,16,18H2,1H3,(H,30,31). The summed E-state index contributed by atoms with van der Waals surface area (Å²) in [5.74, 6) is 2.51. The van der Waals surface area contributed by atoms with E-state index >= 15 is 0 Å². The van der Waals surface area contributed by atoms with Gasteiger partial charge in [-0.2, -0.15) is 0 Å². The fraction of sp³-hybridized carbons (Fsp3) is 0.269. The summed E-state index contributed by atoms with van der Waals surface area (Å²) in [6.07, 6.45) is 4.19. The number of para-hydroxylation sites is 1. The van der Waals surface area contributed by atoms with Crippen molar-refractivity contribution in [1.82, 2.24) is 14.8 Å². The molecule has 0 radical (unpaired) electrons. The number of carbonyl (C=O) groups is 1. The second kappa shape index (κ2) is 10.6. The summed E-state index contributed by atoms with van der Waals surface area (Å²) in [5.41, 5.74) is 3.02. The Kier molecular flexibility index (Phi) is 7.19. The summed E-state index contributed by atoms with van der Waals surface area (Å²) < 4.78 is 13.6. The second-order valence-corrected chi connectivity index (χ2v) is 7.87. The summed E-state index contributed by atoms with van der Waals surface area (Å²) in [5, 5.41) is 17.5. The van der Waals surface area contributed by atoms with Gasteiger partial charge in [0.2, 0.25) is 0 Å². The highest BCUT2D eigenvalue weighted by atomic mass is 16.5. The minimum absolute atomic E-state index is 0.203. The third-order valence-electron chi connectivity index (χ3n) is 5.48. The van der Waals surface area contributed by atoms with Crippen LogP contribution < -0.4 is 4.74 Å². The van der Waals surface area contributed by atoms with Crippen molar-refractivity contribution in [2.24, 2.45) is 0 Å². The van der Waals surface area contributed by atoms with Crippen LogP contribution in [0.5, 0.6) is 5.75 Å². The van der Waals surface area contributed by atoms with Crippen LogP contribution in [0.1, 0.15) is 37.1 Å². The van der Waals surface area contributed by atoms with Gasteiger partial charge in [-0.05, 0) is 44.4 Å². The fourth-order valence-electron chi connectivity index (χ4n) is 3.69. The van der Waals surface area contributed by atoms with Crippen LogP contribution in [0, 0.1) is 6.92 Å². The lowest BCUT2D eigenvalue weighted by Gasteiger charge is -2.14. The van der Waals surface area contributed by atoms with Crippen molar-refractivity contribution < 1.29 is 19.1 Å². The highest BCUT2D eigenvalue weighted by Crippen LogP contribution is 2.27. The molecule has 0 aliphatic heterocycles. The number of rotatable bonds is 11. The van der Waals surface area contributed by atoms with E-state index in [1.54, 1.807) is 6.26 Å². The zero-order valence-electron chi connectivity index (χ0n) is 18.6. The lowest BCUT2D eigenvalue weighted by molar-refractivity contribution is -0.137. The van der Waals surface area contributed by atoms with Crippen LogP contribution in [0.3, 0.4) is 0 Å². The Morgan fingerprint density at radius 2 is 1.76 bits per heavy atom. The predicted octanol–water partition coefficient (Wildman–Crippen LogP) is 5.59. The van der Waals surface area contributed by atoms with Gasteiger partial charge in [0.25, 0.3) is 0 Å². The summed E-state index contributed by atoms with van der Waals surface area (Å²) in [7, 11) is 0. The van der Waals surface area contributed by atoms with E-state index in [1.807, 2.05) is 67.6 Å². The fourth-order valence-corrected chi connectivity index (χ4v) is 3.69. The van der Waals surface area contributed by atoms with E-state index in [4.69, 9.17) is 14.3 Å². The number of furan rings is 1. The number of benzene rings is 2. The van der Waals surface area contributed by atoms with Crippen LogP contribution in [-0.2, 0) is 11.3 Å². The van der Waals surface area contributed by atoms with Gasteiger partial charge in [-0.25, -0.2) is 0 Å². The molecule has 7 nitrogen and oxygen atoms in total. The van der Waals surface area contributed by atoms with Crippen LogP contribution in [0.25, 0.3) is 22.7 Å². The van der Waals surface area contributed by atoms with Crippen molar-refractivity contribution in [2.75, 3.05) is 6.61 Å². The summed E-state index contributed by atoms with van der Waals surface area (Å²) >= 11 is 0. The number of hydrogen-bond donors (Lipinski definition) is 1. The molecule has 170 valence electrons. The number of hydrogen-bond acceptors (Lipinski definition) is 5. The molecule has 4 aromatic rings. The topological polar surface area (TPSA) is 90.4 Å². The van der Waals surface area contributed by atoms with Crippen molar-refractivity contribution >= 4 is 5.97 Å². The SMILES string of the molecule is Cc1nnc(-c2ccc(-c3ccco3)cc2)n1Cc1ccccc1OCCCCCC(=O)O. The van der Waals surface area contributed by atoms with Crippen LogP contribution in [0.4, 0.5) is 0 Å². The van der Waals surface area contributed by atoms with Gasteiger partial charge in [-0.15, -0.1) is 10.2 Å². The number of carboxylic acid groups (broad SMARTS) is 1. The molecule has 2 aromatic carbocycles. The van der Waals surface area contributed by atoms with Gasteiger partial charge in [-0.1, -0.05) is 42.5 Å². The number of unbranched alkanes of at least 4 members (excludes halogenated alkanes) is 2. The van der Waals surface area contributed by atoms with Gasteiger partial charge in [-0.3, -0.25) is 4.79 Å². The van der Waals surface area contributed by atoms with Crippen LogP contribution in [-0.4, -0.2) is 32.4 Å². The van der Waals surface area contributed by atoms with Crippen molar-refractivity contribution in [3.05, 3.63) is 78.3 Å². The molecule has 0 saturated carbocycles. The maximum Gasteiger partial charge on any atom is 0.303 e. The highest BCUT2D eigenvalue weighted by Gasteiger charge is 2.14. The molecule has 2 heterocycles. The van der Waals surface area contributed by atoms with Gasteiger partial charge in [0.05, 0.1) is 19.4 Å². The zero-order chi connectivity index (χ0) is 23.0. The third-order valence-corrected chi connectivity index (χ3v) is 5.48. The number of aromatic nitrogens is 3. The van der Waals surface area contributed by atoms with E-state index < -0.39 is 5.97 Å². The number of ether oxygens (including phenoxy) is 1. The largest absolute Gasteiger partial charge is 0.493 e. The molecule has 1 N–H and O–H groups in total. The Hall–Kier alpha value is -3.87. The first-order valence-corrected chi connectivity index (χ1v) is 11.1. The zero-order valence-corrected chi connectivity index (χ0v) is 18.6. The lowest BCUT2D eigenvalue weighted by Crippen LogP contribution is -2.07. The molecule has 0 aliphatic rings. The monoisotopic (exact) mass is 445 g/mol. The third kappa shape index (κ3) is 5.68.